The quantitative estimate of drug-likeness (QED) is 0.802. The number of halogens is 1. The fraction of sp³-hybridized carbons (Fsp3) is 0.300. The number of carbonyl (C=O) groups excluding carboxylic acids is 1. The van der Waals surface area contributed by atoms with Crippen LogP contribution in [0.15, 0.2) is 53.5 Å². The Morgan fingerprint density at radius 3 is 2.62 bits per heavy atom. The maximum atomic E-state index is 14.5. The molecular formula is C20H20FN3O3S2. The van der Waals surface area contributed by atoms with Crippen LogP contribution in [0, 0.1) is 12.7 Å². The number of aliphatic imine (C=N–C) groups is 1. The number of fused-ring (bicyclic) bond motifs is 1. The summed E-state index contributed by atoms with van der Waals surface area (Å²) < 4.78 is 38.2. The van der Waals surface area contributed by atoms with Crippen molar-refractivity contribution >= 4 is 44.0 Å². The number of anilines is 2. The van der Waals surface area contributed by atoms with Gasteiger partial charge in [-0.2, -0.15) is 0 Å². The maximum Gasteiger partial charge on any atom is 0.244 e. The second-order valence-electron chi connectivity index (χ2n) is 7.16. The third-order valence-corrected chi connectivity index (χ3v) is 8.06. The van der Waals surface area contributed by atoms with Crippen LogP contribution in [0.3, 0.4) is 0 Å². The number of para-hydroxylation sites is 1. The van der Waals surface area contributed by atoms with Gasteiger partial charge in [0.05, 0.1) is 23.2 Å². The topological polar surface area (TPSA) is 78.8 Å². The van der Waals surface area contributed by atoms with E-state index in [-0.39, 0.29) is 40.9 Å². The number of carbonyl (C=O) groups is 1. The van der Waals surface area contributed by atoms with Gasteiger partial charge in [-0.3, -0.25) is 9.79 Å². The Kier molecular flexibility index (Phi) is 5.35. The Labute approximate surface area is 173 Å². The number of sulfone groups is 1. The minimum atomic E-state index is -3.09. The van der Waals surface area contributed by atoms with Crippen molar-refractivity contribution < 1.29 is 17.6 Å². The largest absolute Gasteiger partial charge is 0.325 e. The average Bonchev–Trinajstić information content (AvgIpc) is 3.16. The smallest absolute Gasteiger partial charge is 0.244 e. The highest BCUT2D eigenvalue weighted by molar-refractivity contribution is 8.15. The molecule has 2 aliphatic rings. The van der Waals surface area contributed by atoms with Gasteiger partial charge < -0.3 is 10.2 Å². The van der Waals surface area contributed by atoms with E-state index in [9.17, 15) is 17.6 Å². The molecule has 0 bridgehead atoms. The number of nitrogens with one attached hydrogen (secondary N) is 1. The molecule has 2 aliphatic heterocycles. The number of aryl methyl sites for hydroxylation is 1. The minimum absolute atomic E-state index is 0.00512. The molecule has 2 aromatic carbocycles. The van der Waals surface area contributed by atoms with Crippen molar-refractivity contribution in [3.05, 3.63) is 59.9 Å². The van der Waals surface area contributed by atoms with E-state index in [1.807, 2.05) is 19.1 Å². The molecule has 1 N–H and O–H groups in total. The van der Waals surface area contributed by atoms with Crippen molar-refractivity contribution in [2.45, 2.75) is 18.2 Å². The van der Waals surface area contributed by atoms with Crippen LogP contribution in [0.25, 0.3) is 0 Å². The van der Waals surface area contributed by atoms with Crippen LogP contribution in [0.5, 0.6) is 0 Å². The fourth-order valence-corrected chi connectivity index (χ4v) is 7.15. The third-order valence-electron chi connectivity index (χ3n) is 4.82. The number of amidine groups is 1. The van der Waals surface area contributed by atoms with Gasteiger partial charge in [0, 0.05) is 10.9 Å². The number of rotatable bonds is 4. The zero-order chi connectivity index (χ0) is 20.6. The van der Waals surface area contributed by atoms with E-state index >= 15 is 0 Å². The van der Waals surface area contributed by atoms with Gasteiger partial charge in [-0.25, -0.2) is 12.8 Å². The Bertz CT molecular complexity index is 1070. The second-order valence-corrected chi connectivity index (χ2v) is 10.5. The summed E-state index contributed by atoms with van der Waals surface area (Å²) in [6.45, 7) is 1.82. The molecule has 0 aliphatic carbocycles. The van der Waals surface area contributed by atoms with Crippen LogP contribution < -0.4 is 10.2 Å². The molecule has 0 radical (unpaired) electrons. The number of hydrogen-bond acceptors (Lipinski definition) is 6. The monoisotopic (exact) mass is 433 g/mol. The van der Waals surface area contributed by atoms with Crippen molar-refractivity contribution in [3.8, 4) is 0 Å². The van der Waals surface area contributed by atoms with Crippen LogP contribution in [0.4, 0.5) is 15.8 Å². The van der Waals surface area contributed by atoms with Gasteiger partial charge in [-0.15, -0.1) is 0 Å². The number of thioether (sulfide) groups is 1. The summed E-state index contributed by atoms with van der Waals surface area (Å²) in [5.41, 5.74) is 1.97. The lowest BCUT2D eigenvalue weighted by molar-refractivity contribution is -0.114. The zero-order valence-corrected chi connectivity index (χ0v) is 17.3. The fourth-order valence-electron chi connectivity index (χ4n) is 3.38. The molecule has 1 saturated heterocycles. The van der Waals surface area contributed by atoms with Gasteiger partial charge >= 0.3 is 0 Å². The zero-order valence-electron chi connectivity index (χ0n) is 15.7. The Balaban J connectivity index is 1.57. The molecule has 0 saturated carbocycles. The molecule has 6 nitrogen and oxygen atoms in total. The average molecular weight is 434 g/mol. The van der Waals surface area contributed by atoms with Crippen molar-refractivity contribution in [2.75, 3.05) is 28.3 Å². The van der Waals surface area contributed by atoms with E-state index in [0.29, 0.717) is 10.9 Å². The van der Waals surface area contributed by atoms with E-state index in [1.54, 1.807) is 30.3 Å². The van der Waals surface area contributed by atoms with Gasteiger partial charge in [0.25, 0.3) is 0 Å². The van der Waals surface area contributed by atoms with Gasteiger partial charge in [0.2, 0.25) is 5.91 Å². The number of hydrogen-bond donors (Lipinski definition) is 1. The standard InChI is InChI=1S/C20H20FN3O3S2/c1-13-6-8-14(9-7-13)22-19(25)10-24(17-5-3-2-4-15(17)21)20-23-16-11-29(26,27)12-18(16)28-20/h2-9,16,18H,10-12H2,1H3,(H,22,25)/t16-,18-/m1/s1. The highest BCUT2D eigenvalue weighted by Crippen LogP contribution is 2.37. The number of benzene rings is 2. The molecule has 29 heavy (non-hydrogen) atoms. The molecular weight excluding hydrogens is 413 g/mol. The summed E-state index contributed by atoms with van der Waals surface area (Å²) >= 11 is 1.30. The molecule has 1 amide bonds. The Morgan fingerprint density at radius 2 is 1.93 bits per heavy atom. The van der Waals surface area contributed by atoms with Crippen LogP contribution in [-0.2, 0) is 14.6 Å². The molecule has 4 rings (SSSR count). The van der Waals surface area contributed by atoms with Gasteiger partial charge in [-0.05, 0) is 31.2 Å². The highest BCUT2D eigenvalue weighted by atomic mass is 32.2. The summed E-state index contributed by atoms with van der Waals surface area (Å²) in [5, 5.41) is 3.09. The maximum absolute atomic E-state index is 14.5. The van der Waals surface area contributed by atoms with E-state index in [4.69, 9.17) is 0 Å². The molecule has 0 unspecified atom stereocenters. The van der Waals surface area contributed by atoms with Gasteiger partial charge in [-0.1, -0.05) is 41.6 Å². The summed E-state index contributed by atoms with van der Waals surface area (Å²) in [7, 11) is -3.09. The first-order chi connectivity index (χ1) is 13.8. The summed E-state index contributed by atoms with van der Waals surface area (Å²) in [4.78, 5) is 18.7. The van der Waals surface area contributed by atoms with Crippen molar-refractivity contribution in [1.82, 2.24) is 0 Å². The van der Waals surface area contributed by atoms with Crippen molar-refractivity contribution in [3.63, 3.8) is 0 Å². The lowest BCUT2D eigenvalue weighted by Crippen LogP contribution is -2.37. The van der Waals surface area contributed by atoms with E-state index in [2.05, 4.69) is 10.3 Å². The normalized spacial score (nSPS) is 22.1. The predicted molar refractivity (Wildman–Crippen MR) is 115 cm³/mol. The predicted octanol–water partition coefficient (Wildman–Crippen LogP) is 2.85. The molecule has 0 spiro atoms. The molecule has 2 aromatic rings. The first-order valence-corrected chi connectivity index (χ1v) is 11.8. The van der Waals surface area contributed by atoms with Gasteiger partial charge in [0.1, 0.15) is 12.4 Å². The SMILES string of the molecule is Cc1ccc(NC(=O)CN(C2=N[C@@H]3CS(=O)(=O)C[C@H]3S2)c2ccccc2F)cc1. The Morgan fingerprint density at radius 1 is 1.21 bits per heavy atom. The number of amides is 1. The molecule has 9 heteroatoms. The van der Waals surface area contributed by atoms with Crippen molar-refractivity contribution in [2.24, 2.45) is 4.99 Å². The van der Waals surface area contributed by atoms with Crippen LogP contribution in [0.1, 0.15) is 5.56 Å². The number of nitrogens with zero attached hydrogens (tertiary/aromatic N) is 2. The lowest BCUT2D eigenvalue weighted by atomic mass is 10.2. The first-order valence-electron chi connectivity index (χ1n) is 9.14. The Hall–Kier alpha value is -2.39. The van der Waals surface area contributed by atoms with E-state index < -0.39 is 15.7 Å². The minimum Gasteiger partial charge on any atom is -0.325 e. The lowest BCUT2D eigenvalue weighted by Gasteiger charge is -2.24. The first kappa shape index (κ1) is 19.9. The van der Waals surface area contributed by atoms with Crippen molar-refractivity contribution in [1.29, 1.82) is 0 Å². The van der Waals surface area contributed by atoms with Crippen LogP contribution in [0.2, 0.25) is 0 Å². The molecule has 2 heterocycles. The highest BCUT2D eigenvalue weighted by Gasteiger charge is 2.44. The summed E-state index contributed by atoms with van der Waals surface area (Å²) in [6.07, 6.45) is 0. The molecule has 0 aromatic heterocycles. The summed E-state index contributed by atoms with van der Waals surface area (Å²) in [6, 6.07) is 13.2. The molecule has 2 atom stereocenters. The van der Waals surface area contributed by atoms with Crippen LogP contribution in [-0.4, -0.2) is 48.8 Å². The van der Waals surface area contributed by atoms with E-state index in [1.165, 1.54) is 22.7 Å². The molecule has 152 valence electrons. The van der Waals surface area contributed by atoms with Gasteiger partial charge in [0.15, 0.2) is 15.0 Å². The van der Waals surface area contributed by atoms with E-state index in [0.717, 1.165) is 5.56 Å². The third kappa shape index (κ3) is 4.45. The second kappa shape index (κ2) is 7.79. The van der Waals surface area contributed by atoms with Crippen LogP contribution >= 0.6 is 11.8 Å². The summed E-state index contributed by atoms with van der Waals surface area (Å²) in [5.74, 6) is -0.737. The molecule has 1 fully saturated rings.